The van der Waals surface area contributed by atoms with E-state index < -0.39 is 5.97 Å². The fourth-order valence-electron chi connectivity index (χ4n) is 4.97. The Hall–Kier alpha value is -4.04. The third-order valence-corrected chi connectivity index (χ3v) is 6.99. The molecule has 0 amide bonds. The Labute approximate surface area is 214 Å². The van der Waals surface area contributed by atoms with Crippen molar-refractivity contribution in [1.82, 2.24) is 14.9 Å². The number of aromatic carboxylic acids is 1. The second kappa shape index (κ2) is 9.20. The molecule has 6 nitrogen and oxygen atoms in total. The number of nitrogens with one attached hydrogen (secondary N) is 1. The van der Waals surface area contributed by atoms with E-state index in [0.717, 1.165) is 34.0 Å². The molecule has 2 atom stereocenters. The second-order valence-electron chi connectivity index (χ2n) is 8.94. The highest BCUT2D eigenvalue weighted by Crippen LogP contribution is 2.44. The molecule has 5 rings (SSSR count). The molecule has 182 valence electrons. The van der Waals surface area contributed by atoms with Crippen LogP contribution in [-0.4, -0.2) is 25.7 Å². The van der Waals surface area contributed by atoms with Gasteiger partial charge in [0.2, 0.25) is 0 Å². The molecular formula is C28H25FN4O2S. The Morgan fingerprint density at radius 1 is 1.03 bits per heavy atom. The van der Waals surface area contributed by atoms with E-state index in [9.17, 15) is 14.3 Å². The van der Waals surface area contributed by atoms with Gasteiger partial charge in [-0.05, 0) is 105 Å². The first-order valence-electron chi connectivity index (χ1n) is 11.6. The van der Waals surface area contributed by atoms with Gasteiger partial charge in [-0.2, -0.15) is 0 Å². The summed E-state index contributed by atoms with van der Waals surface area (Å²) in [6.45, 7) is 5.80. The van der Waals surface area contributed by atoms with E-state index in [1.807, 2.05) is 49.1 Å². The van der Waals surface area contributed by atoms with E-state index in [4.69, 9.17) is 12.2 Å². The van der Waals surface area contributed by atoms with Gasteiger partial charge >= 0.3 is 5.97 Å². The summed E-state index contributed by atoms with van der Waals surface area (Å²) in [5.74, 6) is -1.23. The number of pyridine rings is 1. The van der Waals surface area contributed by atoms with Gasteiger partial charge in [0.1, 0.15) is 5.82 Å². The van der Waals surface area contributed by atoms with Crippen molar-refractivity contribution in [3.05, 3.63) is 113 Å². The lowest BCUT2D eigenvalue weighted by Crippen LogP contribution is -2.29. The fourth-order valence-corrected chi connectivity index (χ4v) is 5.31. The molecular weight excluding hydrogens is 475 g/mol. The highest BCUT2D eigenvalue weighted by molar-refractivity contribution is 7.80. The third kappa shape index (κ3) is 4.03. The first kappa shape index (κ1) is 23.7. The summed E-state index contributed by atoms with van der Waals surface area (Å²) in [6, 6.07) is 19.3. The summed E-state index contributed by atoms with van der Waals surface area (Å²) in [5, 5.41) is 13.3. The van der Waals surface area contributed by atoms with E-state index in [1.165, 1.54) is 6.07 Å². The Kier molecular flexibility index (Phi) is 6.05. The highest BCUT2D eigenvalue weighted by atomic mass is 32.1. The molecule has 36 heavy (non-hydrogen) atoms. The minimum Gasteiger partial charge on any atom is -0.478 e. The smallest absolute Gasteiger partial charge is 0.335 e. The van der Waals surface area contributed by atoms with Crippen LogP contribution in [0.3, 0.4) is 0 Å². The number of anilines is 1. The Morgan fingerprint density at radius 2 is 1.75 bits per heavy atom. The molecule has 1 aliphatic heterocycles. The van der Waals surface area contributed by atoms with Crippen LogP contribution in [-0.2, 0) is 0 Å². The number of carboxylic acid groups (broad SMARTS) is 1. The SMILES string of the molecule is Cc1cc(N2C(=S)N[C@H](c3ccccn3)[C@H]2c2cc(C)n(-c3ccc(C(=O)O)cc3)c2C)ccc1F. The summed E-state index contributed by atoms with van der Waals surface area (Å²) >= 11 is 5.80. The topological polar surface area (TPSA) is 70.4 Å². The Bertz CT molecular complexity index is 1470. The molecule has 2 aromatic carbocycles. The van der Waals surface area contributed by atoms with Crippen molar-refractivity contribution in [2.24, 2.45) is 0 Å². The van der Waals surface area contributed by atoms with Crippen LogP contribution >= 0.6 is 12.2 Å². The minimum atomic E-state index is -0.961. The molecule has 1 fully saturated rings. The summed E-state index contributed by atoms with van der Waals surface area (Å²) in [7, 11) is 0. The largest absolute Gasteiger partial charge is 0.478 e. The lowest BCUT2D eigenvalue weighted by Gasteiger charge is -2.28. The first-order valence-corrected chi connectivity index (χ1v) is 12.0. The number of benzene rings is 2. The molecule has 4 aromatic rings. The van der Waals surface area contributed by atoms with Crippen LogP contribution in [0.2, 0.25) is 0 Å². The molecule has 0 spiro atoms. The van der Waals surface area contributed by atoms with Crippen molar-refractivity contribution in [3.63, 3.8) is 0 Å². The summed E-state index contributed by atoms with van der Waals surface area (Å²) in [5.41, 5.74) is 6.33. The van der Waals surface area contributed by atoms with Gasteiger partial charge in [0.15, 0.2) is 5.11 Å². The number of halogens is 1. The predicted octanol–water partition coefficient (Wildman–Crippen LogP) is 5.81. The van der Waals surface area contributed by atoms with Gasteiger partial charge in [0, 0.05) is 29.0 Å². The van der Waals surface area contributed by atoms with E-state index >= 15 is 0 Å². The number of aromatic nitrogens is 2. The Morgan fingerprint density at radius 3 is 2.39 bits per heavy atom. The molecule has 0 bridgehead atoms. The van der Waals surface area contributed by atoms with Gasteiger partial charge < -0.3 is 19.9 Å². The van der Waals surface area contributed by atoms with E-state index in [-0.39, 0.29) is 23.5 Å². The summed E-state index contributed by atoms with van der Waals surface area (Å²) in [6.07, 6.45) is 1.76. The molecule has 1 saturated heterocycles. The van der Waals surface area contributed by atoms with Gasteiger partial charge in [-0.1, -0.05) is 6.07 Å². The van der Waals surface area contributed by atoms with Crippen molar-refractivity contribution in [3.8, 4) is 5.69 Å². The fraction of sp³-hybridized carbons (Fsp3) is 0.179. The standard InChI is InChI=1S/C28H25FN4O2S/c1-16-14-21(11-12-23(16)29)33-26(25(31-28(33)36)24-6-4-5-13-30-24)22-15-17(2)32(18(22)3)20-9-7-19(8-10-20)27(34)35/h4-15,25-26H,1-3H3,(H,31,36)(H,34,35)/t25-,26-/m1/s1. The lowest BCUT2D eigenvalue weighted by molar-refractivity contribution is 0.0697. The molecule has 0 radical (unpaired) electrons. The number of thiocarbonyl (C=S) groups is 1. The molecule has 0 aliphatic carbocycles. The first-order chi connectivity index (χ1) is 17.3. The number of aryl methyl sites for hydroxylation is 2. The number of rotatable bonds is 5. The van der Waals surface area contributed by atoms with Gasteiger partial charge in [0.05, 0.1) is 23.3 Å². The highest BCUT2D eigenvalue weighted by Gasteiger charge is 2.42. The molecule has 0 saturated carbocycles. The molecule has 1 aliphatic rings. The normalized spacial score (nSPS) is 17.3. The maximum atomic E-state index is 14.1. The van der Waals surface area contributed by atoms with Crippen LogP contribution in [0.4, 0.5) is 10.1 Å². The Balaban J connectivity index is 1.66. The number of hydrogen-bond acceptors (Lipinski definition) is 3. The van der Waals surface area contributed by atoms with Gasteiger partial charge in [-0.25, -0.2) is 9.18 Å². The quantitative estimate of drug-likeness (QED) is 0.337. The molecule has 2 aromatic heterocycles. The molecule has 0 unspecified atom stereocenters. The molecule has 3 heterocycles. The predicted molar refractivity (Wildman–Crippen MR) is 141 cm³/mol. The third-order valence-electron chi connectivity index (χ3n) is 6.68. The van der Waals surface area contributed by atoms with Crippen LogP contribution in [0.5, 0.6) is 0 Å². The van der Waals surface area contributed by atoms with Crippen LogP contribution < -0.4 is 10.2 Å². The number of carboxylic acids is 1. The van der Waals surface area contributed by atoms with Gasteiger partial charge in [-0.3, -0.25) is 4.98 Å². The van der Waals surface area contributed by atoms with Crippen molar-refractivity contribution < 1.29 is 14.3 Å². The minimum absolute atomic E-state index is 0.229. The van der Waals surface area contributed by atoms with E-state index in [0.29, 0.717) is 10.7 Å². The number of hydrogen-bond donors (Lipinski definition) is 2. The van der Waals surface area contributed by atoms with Crippen molar-refractivity contribution in [2.75, 3.05) is 4.90 Å². The maximum absolute atomic E-state index is 14.1. The van der Waals surface area contributed by atoms with Gasteiger partial charge in [-0.15, -0.1) is 0 Å². The monoisotopic (exact) mass is 500 g/mol. The summed E-state index contributed by atoms with van der Waals surface area (Å²) < 4.78 is 16.2. The van der Waals surface area contributed by atoms with E-state index in [1.54, 1.807) is 37.4 Å². The van der Waals surface area contributed by atoms with Crippen LogP contribution in [0.25, 0.3) is 5.69 Å². The zero-order chi connectivity index (χ0) is 25.6. The van der Waals surface area contributed by atoms with Gasteiger partial charge in [0.25, 0.3) is 0 Å². The average Bonchev–Trinajstić information content (AvgIpc) is 3.36. The average molecular weight is 501 g/mol. The zero-order valence-corrected chi connectivity index (χ0v) is 20.9. The van der Waals surface area contributed by atoms with Crippen molar-refractivity contribution >= 4 is 29.0 Å². The van der Waals surface area contributed by atoms with Crippen LogP contribution in [0.1, 0.15) is 50.7 Å². The van der Waals surface area contributed by atoms with Crippen LogP contribution in [0.15, 0.2) is 72.9 Å². The van der Waals surface area contributed by atoms with Crippen molar-refractivity contribution in [1.29, 1.82) is 0 Å². The zero-order valence-electron chi connectivity index (χ0n) is 20.1. The molecule has 2 N–H and O–H groups in total. The maximum Gasteiger partial charge on any atom is 0.335 e. The lowest BCUT2D eigenvalue weighted by atomic mass is 9.96. The number of nitrogens with zero attached hydrogens (tertiary/aromatic N) is 3. The van der Waals surface area contributed by atoms with Crippen molar-refractivity contribution in [2.45, 2.75) is 32.9 Å². The van der Waals surface area contributed by atoms with Crippen LogP contribution in [0, 0.1) is 26.6 Å². The number of carbonyl (C=O) groups is 1. The molecule has 8 heteroatoms. The second-order valence-corrected chi connectivity index (χ2v) is 9.33. The van der Waals surface area contributed by atoms with E-state index in [2.05, 4.69) is 20.9 Å². The summed E-state index contributed by atoms with van der Waals surface area (Å²) in [4.78, 5) is 17.9.